The quantitative estimate of drug-likeness (QED) is 0.790. The number of carbonyl (C=O) groups is 1. The summed E-state index contributed by atoms with van der Waals surface area (Å²) in [4.78, 5) is 13.7. The molecule has 5 nitrogen and oxygen atoms in total. The van der Waals surface area contributed by atoms with Crippen LogP contribution in [0.5, 0.6) is 0 Å². The predicted molar refractivity (Wildman–Crippen MR) is 81.8 cm³/mol. The monoisotopic (exact) mass is 297 g/mol. The third-order valence-corrected chi connectivity index (χ3v) is 4.82. The van der Waals surface area contributed by atoms with Gasteiger partial charge in [-0.1, -0.05) is 6.42 Å². The number of carboxylic acid groups (broad SMARTS) is 1. The highest BCUT2D eigenvalue weighted by Crippen LogP contribution is 2.24. The minimum absolute atomic E-state index is 0.321. The molecule has 2 heterocycles. The summed E-state index contributed by atoms with van der Waals surface area (Å²) in [5.41, 5.74) is 0.913. The first kappa shape index (κ1) is 15.3. The van der Waals surface area contributed by atoms with Crippen molar-refractivity contribution in [3.05, 3.63) is 11.3 Å². The average Bonchev–Trinajstić information content (AvgIpc) is 2.78. The van der Waals surface area contributed by atoms with E-state index in [-0.39, 0.29) is 0 Å². The Bertz CT molecular complexity index is 461. The highest BCUT2D eigenvalue weighted by Gasteiger charge is 2.18. The second-order valence-electron chi connectivity index (χ2n) is 5.44. The van der Waals surface area contributed by atoms with E-state index in [0.29, 0.717) is 22.3 Å². The SMILES string of the molecule is Cc1nsc(NCCCN2CCCCC2C)c1C(=O)O. The minimum Gasteiger partial charge on any atom is -0.478 e. The third-order valence-electron chi connectivity index (χ3n) is 3.92. The number of hydrogen-bond acceptors (Lipinski definition) is 5. The zero-order valence-electron chi connectivity index (χ0n) is 12.2. The molecule has 20 heavy (non-hydrogen) atoms. The first-order valence-corrected chi connectivity index (χ1v) is 8.04. The zero-order chi connectivity index (χ0) is 14.5. The Balaban J connectivity index is 1.77. The van der Waals surface area contributed by atoms with Gasteiger partial charge in [-0.25, -0.2) is 4.79 Å². The number of piperidine rings is 1. The van der Waals surface area contributed by atoms with Crippen molar-refractivity contribution in [3.63, 3.8) is 0 Å². The maximum absolute atomic E-state index is 11.1. The summed E-state index contributed by atoms with van der Waals surface area (Å²) in [6, 6.07) is 0.684. The van der Waals surface area contributed by atoms with E-state index in [1.54, 1.807) is 6.92 Å². The van der Waals surface area contributed by atoms with Crippen molar-refractivity contribution in [1.82, 2.24) is 9.27 Å². The molecule has 0 amide bonds. The van der Waals surface area contributed by atoms with Crippen LogP contribution in [0.4, 0.5) is 5.00 Å². The van der Waals surface area contributed by atoms with Crippen molar-refractivity contribution in [2.75, 3.05) is 25.0 Å². The molecule has 1 aliphatic rings. The first-order chi connectivity index (χ1) is 9.59. The Morgan fingerprint density at radius 2 is 2.35 bits per heavy atom. The maximum Gasteiger partial charge on any atom is 0.340 e. The third kappa shape index (κ3) is 3.70. The second-order valence-corrected chi connectivity index (χ2v) is 6.21. The van der Waals surface area contributed by atoms with Gasteiger partial charge in [-0.2, -0.15) is 4.37 Å². The van der Waals surface area contributed by atoms with Gasteiger partial charge in [0.2, 0.25) is 0 Å². The molecule has 2 N–H and O–H groups in total. The Hall–Kier alpha value is -1.14. The lowest BCUT2D eigenvalue weighted by atomic mass is 10.0. The molecule has 6 heteroatoms. The zero-order valence-corrected chi connectivity index (χ0v) is 13.0. The molecule has 1 saturated heterocycles. The van der Waals surface area contributed by atoms with E-state index < -0.39 is 5.97 Å². The summed E-state index contributed by atoms with van der Waals surface area (Å²) in [5.74, 6) is -0.900. The van der Waals surface area contributed by atoms with Gasteiger partial charge in [-0.3, -0.25) is 0 Å². The molecular weight excluding hydrogens is 274 g/mol. The molecule has 0 saturated carbocycles. The summed E-state index contributed by atoms with van der Waals surface area (Å²) < 4.78 is 4.11. The number of nitrogens with one attached hydrogen (secondary N) is 1. The lowest BCUT2D eigenvalue weighted by molar-refractivity contribution is 0.0697. The van der Waals surface area contributed by atoms with Gasteiger partial charge in [0.05, 0.1) is 5.69 Å². The van der Waals surface area contributed by atoms with Crippen molar-refractivity contribution in [2.24, 2.45) is 0 Å². The lowest BCUT2D eigenvalue weighted by Gasteiger charge is -2.33. The molecule has 1 aromatic rings. The summed E-state index contributed by atoms with van der Waals surface area (Å²) in [5, 5.41) is 13.0. The van der Waals surface area contributed by atoms with E-state index in [4.69, 9.17) is 5.11 Å². The van der Waals surface area contributed by atoms with E-state index in [9.17, 15) is 4.79 Å². The van der Waals surface area contributed by atoms with Crippen LogP contribution in [0, 0.1) is 6.92 Å². The standard InChI is InChI=1S/C14H23N3O2S/c1-10-6-3-4-8-17(10)9-5-7-15-13-12(14(18)19)11(2)16-20-13/h10,15H,3-9H2,1-2H3,(H,18,19). The highest BCUT2D eigenvalue weighted by atomic mass is 32.1. The Morgan fingerprint density at radius 3 is 3.05 bits per heavy atom. The van der Waals surface area contributed by atoms with Crippen LogP contribution in [0.2, 0.25) is 0 Å². The highest BCUT2D eigenvalue weighted by molar-refractivity contribution is 7.10. The molecule has 1 aliphatic heterocycles. The Morgan fingerprint density at radius 1 is 1.55 bits per heavy atom. The van der Waals surface area contributed by atoms with E-state index in [1.807, 2.05) is 0 Å². The van der Waals surface area contributed by atoms with Gasteiger partial charge in [0.25, 0.3) is 0 Å². The number of carboxylic acids is 1. The number of aromatic nitrogens is 1. The molecule has 0 spiro atoms. The number of aromatic carboxylic acids is 1. The maximum atomic E-state index is 11.1. The Labute approximate surface area is 124 Å². The number of rotatable bonds is 6. The van der Waals surface area contributed by atoms with Gasteiger partial charge in [-0.15, -0.1) is 0 Å². The second kappa shape index (κ2) is 7.04. The molecule has 0 bridgehead atoms. The number of nitrogens with zero attached hydrogens (tertiary/aromatic N) is 2. The normalized spacial score (nSPS) is 20.0. The summed E-state index contributed by atoms with van der Waals surface area (Å²) in [6.45, 7) is 7.10. The number of aryl methyl sites for hydroxylation is 1. The van der Waals surface area contributed by atoms with Gasteiger partial charge in [0.15, 0.2) is 0 Å². The van der Waals surface area contributed by atoms with Gasteiger partial charge in [0.1, 0.15) is 10.6 Å². The lowest BCUT2D eigenvalue weighted by Crippen LogP contribution is -2.38. The fourth-order valence-electron chi connectivity index (χ4n) is 2.72. The molecule has 1 aromatic heterocycles. The smallest absolute Gasteiger partial charge is 0.340 e. The summed E-state index contributed by atoms with van der Waals surface area (Å²) in [7, 11) is 0. The topological polar surface area (TPSA) is 65.5 Å². The van der Waals surface area contributed by atoms with Gasteiger partial charge in [0, 0.05) is 19.1 Å². The van der Waals surface area contributed by atoms with Gasteiger partial charge in [-0.05, 0) is 51.2 Å². The van der Waals surface area contributed by atoms with Crippen molar-refractivity contribution in [2.45, 2.75) is 45.6 Å². The summed E-state index contributed by atoms with van der Waals surface area (Å²) in [6.07, 6.45) is 4.97. The molecule has 0 radical (unpaired) electrons. The van der Waals surface area contributed by atoms with Crippen LogP contribution in [-0.2, 0) is 0 Å². The van der Waals surface area contributed by atoms with E-state index in [1.165, 1.54) is 37.3 Å². The molecular formula is C14H23N3O2S. The van der Waals surface area contributed by atoms with E-state index in [0.717, 1.165) is 19.5 Å². The number of likely N-dealkylation sites (tertiary alicyclic amines) is 1. The van der Waals surface area contributed by atoms with Crippen LogP contribution in [0.3, 0.4) is 0 Å². The molecule has 1 unspecified atom stereocenters. The first-order valence-electron chi connectivity index (χ1n) is 7.27. The predicted octanol–water partition coefficient (Wildman–Crippen LogP) is 2.83. The van der Waals surface area contributed by atoms with E-state index in [2.05, 4.69) is 21.5 Å². The number of hydrogen-bond donors (Lipinski definition) is 2. The number of anilines is 1. The van der Waals surface area contributed by atoms with Gasteiger partial charge < -0.3 is 15.3 Å². The largest absolute Gasteiger partial charge is 0.478 e. The molecule has 1 atom stereocenters. The van der Waals surface area contributed by atoms with Crippen molar-refractivity contribution in [1.29, 1.82) is 0 Å². The van der Waals surface area contributed by atoms with Gasteiger partial charge >= 0.3 is 5.97 Å². The molecule has 2 rings (SSSR count). The summed E-state index contributed by atoms with van der Waals surface area (Å²) >= 11 is 1.24. The Kier molecular flexibility index (Phi) is 5.37. The molecule has 112 valence electrons. The van der Waals surface area contributed by atoms with Crippen LogP contribution < -0.4 is 5.32 Å². The fraction of sp³-hybridized carbons (Fsp3) is 0.714. The van der Waals surface area contributed by atoms with Crippen LogP contribution in [-0.4, -0.2) is 46.0 Å². The average molecular weight is 297 g/mol. The van der Waals surface area contributed by atoms with Crippen LogP contribution in [0.1, 0.15) is 48.7 Å². The minimum atomic E-state index is -0.900. The van der Waals surface area contributed by atoms with Crippen LogP contribution in [0.25, 0.3) is 0 Å². The molecule has 0 aromatic carbocycles. The van der Waals surface area contributed by atoms with Crippen LogP contribution in [0.15, 0.2) is 0 Å². The van der Waals surface area contributed by atoms with E-state index >= 15 is 0 Å². The molecule has 1 fully saturated rings. The van der Waals surface area contributed by atoms with Crippen molar-refractivity contribution < 1.29 is 9.90 Å². The van der Waals surface area contributed by atoms with Crippen molar-refractivity contribution >= 4 is 22.5 Å². The van der Waals surface area contributed by atoms with Crippen LogP contribution >= 0.6 is 11.5 Å². The molecule has 0 aliphatic carbocycles. The van der Waals surface area contributed by atoms with Crippen molar-refractivity contribution in [3.8, 4) is 0 Å². The fourth-order valence-corrected chi connectivity index (χ4v) is 3.53.